The third-order valence-corrected chi connectivity index (χ3v) is 2.61. The molecule has 0 aliphatic carbocycles. The molecule has 1 atom stereocenters. The second-order valence-electron chi connectivity index (χ2n) is 3.77. The first-order valence-corrected chi connectivity index (χ1v) is 5.39. The lowest BCUT2D eigenvalue weighted by molar-refractivity contribution is 0.162. The Morgan fingerprint density at radius 3 is 2.93 bits per heavy atom. The van der Waals surface area contributed by atoms with Gasteiger partial charge in [-0.05, 0) is 24.1 Å². The standard InChI is InChI=1S/C12H16O3/c1-2-3-4-10(13)9-5-6-11-12(7-9)15-8-14-11/h5-7,10,13H,2-4,8H2,1H3/t10-/m1/s1. The predicted molar refractivity (Wildman–Crippen MR) is 57.0 cm³/mol. The molecule has 1 heterocycles. The molecular formula is C12H16O3. The van der Waals surface area contributed by atoms with E-state index in [-0.39, 0.29) is 12.9 Å². The van der Waals surface area contributed by atoms with Crippen LogP contribution in [0, 0.1) is 0 Å². The highest BCUT2D eigenvalue weighted by Gasteiger charge is 2.16. The zero-order chi connectivity index (χ0) is 10.7. The van der Waals surface area contributed by atoms with Crippen LogP contribution in [-0.4, -0.2) is 11.9 Å². The largest absolute Gasteiger partial charge is 0.454 e. The first-order chi connectivity index (χ1) is 7.31. The molecule has 0 aromatic heterocycles. The van der Waals surface area contributed by atoms with E-state index in [4.69, 9.17) is 9.47 Å². The van der Waals surface area contributed by atoms with Crippen LogP contribution in [0.25, 0.3) is 0 Å². The SMILES string of the molecule is CCCC[C@@H](O)c1ccc2c(c1)OCO2. The smallest absolute Gasteiger partial charge is 0.231 e. The van der Waals surface area contributed by atoms with Crippen molar-refractivity contribution < 1.29 is 14.6 Å². The van der Waals surface area contributed by atoms with Crippen LogP contribution >= 0.6 is 0 Å². The molecule has 0 unspecified atom stereocenters. The average Bonchev–Trinajstić information content (AvgIpc) is 2.72. The van der Waals surface area contributed by atoms with Crippen molar-refractivity contribution >= 4 is 0 Å². The molecule has 1 aliphatic rings. The van der Waals surface area contributed by atoms with Gasteiger partial charge >= 0.3 is 0 Å². The van der Waals surface area contributed by atoms with Gasteiger partial charge < -0.3 is 14.6 Å². The van der Waals surface area contributed by atoms with E-state index in [2.05, 4.69) is 6.92 Å². The molecule has 1 N–H and O–H groups in total. The van der Waals surface area contributed by atoms with Gasteiger partial charge in [0.05, 0.1) is 6.10 Å². The molecule has 0 bridgehead atoms. The average molecular weight is 208 g/mol. The van der Waals surface area contributed by atoms with E-state index in [1.807, 2.05) is 18.2 Å². The summed E-state index contributed by atoms with van der Waals surface area (Å²) in [6, 6.07) is 5.61. The van der Waals surface area contributed by atoms with E-state index >= 15 is 0 Å². The van der Waals surface area contributed by atoms with Gasteiger partial charge in [0.25, 0.3) is 0 Å². The third kappa shape index (κ3) is 2.23. The highest BCUT2D eigenvalue weighted by atomic mass is 16.7. The molecule has 1 aliphatic heterocycles. The minimum Gasteiger partial charge on any atom is -0.454 e. The molecule has 1 aromatic rings. The molecule has 3 nitrogen and oxygen atoms in total. The quantitative estimate of drug-likeness (QED) is 0.826. The molecule has 0 radical (unpaired) electrons. The van der Waals surface area contributed by atoms with E-state index in [9.17, 15) is 5.11 Å². The van der Waals surface area contributed by atoms with E-state index in [0.29, 0.717) is 0 Å². The number of benzene rings is 1. The van der Waals surface area contributed by atoms with Crippen LogP contribution in [0.2, 0.25) is 0 Å². The molecule has 0 saturated heterocycles. The maximum absolute atomic E-state index is 9.89. The van der Waals surface area contributed by atoms with Gasteiger partial charge in [0, 0.05) is 0 Å². The maximum Gasteiger partial charge on any atom is 0.231 e. The summed E-state index contributed by atoms with van der Waals surface area (Å²) >= 11 is 0. The Balaban J connectivity index is 2.08. The molecule has 1 aromatic carbocycles. The Hall–Kier alpha value is -1.22. The Bertz CT molecular complexity index is 336. The van der Waals surface area contributed by atoms with Gasteiger partial charge in [-0.2, -0.15) is 0 Å². The number of ether oxygens (including phenoxy) is 2. The summed E-state index contributed by atoms with van der Waals surface area (Å²) in [4.78, 5) is 0. The topological polar surface area (TPSA) is 38.7 Å². The van der Waals surface area contributed by atoms with Gasteiger partial charge in [-0.3, -0.25) is 0 Å². The van der Waals surface area contributed by atoms with E-state index < -0.39 is 0 Å². The van der Waals surface area contributed by atoms with Crippen LogP contribution in [0.5, 0.6) is 11.5 Å². The van der Waals surface area contributed by atoms with Crippen molar-refractivity contribution in [1.29, 1.82) is 0 Å². The Morgan fingerprint density at radius 2 is 2.13 bits per heavy atom. The van der Waals surface area contributed by atoms with Crippen molar-refractivity contribution in [2.24, 2.45) is 0 Å². The normalized spacial score (nSPS) is 15.3. The predicted octanol–water partition coefficient (Wildman–Crippen LogP) is 2.64. The number of hydrogen-bond donors (Lipinski definition) is 1. The fourth-order valence-corrected chi connectivity index (χ4v) is 1.68. The highest BCUT2D eigenvalue weighted by molar-refractivity contribution is 5.44. The lowest BCUT2D eigenvalue weighted by Crippen LogP contribution is -1.97. The lowest BCUT2D eigenvalue weighted by atomic mass is 10.0. The van der Waals surface area contributed by atoms with E-state index in [1.165, 1.54) is 0 Å². The van der Waals surface area contributed by atoms with Gasteiger partial charge in [0.15, 0.2) is 11.5 Å². The summed E-state index contributed by atoms with van der Waals surface area (Å²) in [5.41, 5.74) is 0.910. The molecule has 3 heteroatoms. The highest BCUT2D eigenvalue weighted by Crippen LogP contribution is 2.34. The second kappa shape index (κ2) is 4.53. The first kappa shape index (κ1) is 10.3. The molecule has 0 saturated carbocycles. The number of unbranched alkanes of at least 4 members (excludes halogenated alkanes) is 1. The van der Waals surface area contributed by atoms with Crippen molar-refractivity contribution in [1.82, 2.24) is 0 Å². The summed E-state index contributed by atoms with van der Waals surface area (Å²) in [6.07, 6.45) is 2.55. The van der Waals surface area contributed by atoms with Crippen LogP contribution in [0.1, 0.15) is 37.9 Å². The van der Waals surface area contributed by atoms with Crippen LogP contribution in [-0.2, 0) is 0 Å². The number of hydrogen-bond acceptors (Lipinski definition) is 3. The Kier molecular flexibility index (Phi) is 3.11. The molecule has 82 valence electrons. The summed E-state index contributed by atoms with van der Waals surface area (Å²) in [5, 5.41) is 9.89. The van der Waals surface area contributed by atoms with Crippen LogP contribution in [0.4, 0.5) is 0 Å². The third-order valence-electron chi connectivity index (χ3n) is 2.61. The number of fused-ring (bicyclic) bond motifs is 1. The van der Waals surface area contributed by atoms with Crippen LogP contribution < -0.4 is 9.47 Å². The molecule has 0 spiro atoms. The molecule has 0 amide bonds. The Morgan fingerprint density at radius 1 is 1.33 bits per heavy atom. The van der Waals surface area contributed by atoms with Gasteiger partial charge in [-0.1, -0.05) is 25.8 Å². The van der Waals surface area contributed by atoms with Crippen LogP contribution in [0.15, 0.2) is 18.2 Å². The summed E-state index contributed by atoms with van der Waals surface area (Å²) < 4.78 is 10.5. The first-order valence-electron chi connectivity index (χ1n) is 5.39. The van der Waals surface area contributed by atoms with Crippen LogP contribution in [0.3, 0.4) is 0 Å². The number of aliphatic hydroxyl groups is 1. The van der Waals surface area contributed by atoms with Crippen molar-refractivity contribution in [3.8, 4) is 11.5 Å². The fourth-order valence-electron chi connectivity index (χ4n) is 1.68. The van der Waals surface area contributed by atoms with Crippen molar-refractivity contribution in [3.05, 3.63) is 23.8 Å². The summed E-state index contributed by atoms with van der Waals surface area (Å²) in [7, 11) is 0. The zero-order valence-electron chi connectivity index (χ0n) is 8.90. The van der Waals surface area contributed by atoms with Crippen molar-refractivity contribution in [3.63, 3.8) is 0 Å². The zero-order valence-corrected chi connectivity index (χ0v) is 8.90. The van der Waals surface area contributed by atoms with Crippen molar-refractivity contribution in [2.75, 3.05) is 6.79 Å². The summed E-state index contributed by atoms with van der Waals surface area (Å²) in [6.45, 7) is 2.40. The van der Waals surface area contributed by atoms with Crippen molar-refractivity contribution in [2.45, 2.75) is 32.3 Å². The second-order valence-corrected chi connectivity index (χ2v) is 3.77. The monoisotopic (exact) mass is 208 g/mol. The minimum absolute atomic E-state index is 0.282. The van der Waals surface area contributed by atoms with Gasteiger partial charge in [-0.25, -0.2) is 0 Å². The molecule has 2 rings (SSSR count). The number of rotatable bonds is 4. The molecule has 0 fully saturated rings. The number of aliphatic hydroxyl groups excluding tert-OH is 1. The van der Waals surface area contributed by atoms with Gasteiger partial charge in [0.1, 0.15) is 0 Å². The fraction of sp³-hybridized carbons (Fsp3) is 0.500. The molecule has 15 heavy (non-hydrogen) atoms. The lowest BCUT2D eigenvalue weighted by Gasteiger charge is -2.10. The summed E-state index contributed by atoms with van der Waals surface area (Å²) in [5.74, 6) is 1.50. The maximum atomic E-state index is 9.89. The Labute approximate surface area is 89.6 Å². The minimum atomic E-state index is -0.389. The van der Waals surface area contributed by atoms with E-state index in [1.54, 1.807) is 0 Å². The van der Waals surface area contributed by atoms with Gasteiger partial charge in [-0.15, -0.1) is 0 Å². The van der Waals surface area contributed by atoms with Gasteiger partial charge in [0.2, 0.25) is 6.79 Å². The van der Waals surface area contributed by atoms with E-state index in [0.717, 1.165) is 36.3 Å². The molecular weight excluding hydrogens is 192 g/mol.